The molecule has 5 nitrogen and oxygen atoms in total. The number of benzene rings is 1. The molecule has 0 radical (unpaired) electrons. The van der Waals surface area contributed by atoms with Gasteiger partial charge in [-0.3, -0.25) is 9.59 Å². The first-order valence-corrected chi connectivity index (χ1v) is 5.58. The minimum Gasteiger partial charge on any atom is -0.366 e. The van der Waals surface area contributed by atoms with Crippen molar-refractivity contribution in [2.75, 3.05) is 18.4 Å². The molecule has 1 fully saturated rings. The molecule has 2 rings (SSSR count). The second kappa shape index (κ2) is 4.97. The van der Waals surface area contributed by atoms with Crippen molar-refractivity contribution < 1.29 is 9.59 Å². The minimum atomic E-state index is -0.497. The maximum Gasteiger partial charge on any atom is 0.248 e. The van der Waals surface area contributed by atoms with E-state index in [2.05, 4.69) is 10.6 Å². The van der Waals surface area contributed by atoms with E-state index in [1.807, 2.05) is 0 Å². The van der Waals surface area contributed by atoms with Crippen molar-refractivity contribution in [3.63, 3.8) is 0 Å². The number of primary amides is 1. The molecule has 0 spiro atoms. The van der Waals surface area contributed by atoms with Gasteiger partial charge in [-0.2, -0.15) is 0 Å². The van der Waals surface area contributed by atoms with E-state index in [0.717, 1.165) is 13.0 Å². The molecule has 0 aromatic heterocycles. The molecular formula is C12H15N3O2. The SMILES string of the molecule is NC(=O)c1cccc(NC(=O)C2CCNC2)c1. The van der Waals surface area contributed by atoms with Gasteiger partial charge in [0.05, 0.1) is 5.92 Å². The molecule has 17 heavy (non-hydrogen) atoms. The fourth-order valence-corrected chi connectivity index (χ4v) is 1.87. The van der Waals surface area contributed by atoms with E-state index in [4.69, 9.17) is 5.73 Å². The average molecular weight is 233 g/mol. The smallest absolute Gasteiger partial charge is 0.248 e. The highest BCUT2D eigenvalue weighted by Crippen LogP contribution is 2.14. The largest absolute Gasteiger partial charge is 0.366 e. The van der Waals surface area contributed by atoms with Gasteiger partial charge >= 0.3 is 0 Å². The number of carbonyl (C=O) groups is 2. The van der Waals surface area contributed by atoms with Crippen molar-refractivity contribution in [1.82, 2.24) is 5.32 Å². The summed E-state index contributed by atoms with van der Waals surface area (Å²) in [6.45, 7) is 1.58. The van der Waals surface area contributed by atoms with Crippen LogP contribution in [0.4, 0.5) is 5.69 Å². The van der Waals surface area contributed by atoms with Gasteiger partial charge in [0.15, 0.2) is 0 Å². The Morgan fingerprint density at radius 1 is 1.41 bits per heavy atom. The number of anilines is 1. The predicted octanol–water partition coefficient (Wildman–Crippen LogP) is 0.333. The van der Waals surface area contributed by atoms with Gasteiger partial charge in [0.2, 0.25) is 11.8 Å². The molecule has 1 aliphatic rings. The number of rotatable bonds is 3. The van der Waals surface area contributed by atoms with Crippen LogP contribution < -0.4 is 16.4 Å². The molecule has 1 aliphatic heterocycles. The van der Waals surface area contributed by atoms with E-state index < -0.39 is 5.91 Å². The van der Waals surface area contributed by atoms with E-state index in [1.165, 1.54) is 0 Å². The quantitative estimate of drug-likeness (QED) is 0.703. The van der Waals surface area contributed by atoms with Gasteiger partial charge in [0, 0.05) is 17.8 Å². The normalized spacial score (nSPS) is 18.9. The van der Waals surface area contributed by atoms with Gasteiger partial charge < -0.3 is 16.4 Å². The molecule has 0 saturated carbocycles. The second-order valence-corrected chi connectivity index (χ2v) is 4.12. The summed E-state index contributed by atoms with van der Waals surface area (Å²) < 4.78 is 0. The van der Waals surface area contributed by atoms with Crippen LogP contribution in [0.1, 0.15) is 16.8 Å². The fraction of sp³-hybridized carbons (Fsp3) is 0.333. The highest BCUT2D eigenvalue weighted by molar-refractivity contribution is 5.97. The topological polar surface area (TPSA) is 84.2 Å². The molecule has 1 heterocycles. The molecule has 0 aliphatic carbocycles. The third-order valence-electron chi connectivity index (χ3n) is 2.85. The molecule has 4 N–H and O–H groups in total. The van der Waals surface area contributed by atoms with Crippen molar-refractivity contribution in [1.29, 1.82) is 0 Å². The molecular weight excluding hydrogens is 218 g/mol. The number of amides is 2. The molecule has 1 atom stereocenters. The van der Waals surface area contributed by atoms with Crippen LogP contribution in [0.5, 0.6) is 0 Å². The molecule has 2 amide bonds. The van der Waals surface area contributed by atoms with E-state index in [0.29, 0.717) is 17.8 Å². The van der Waals surface area contributed by atoms with Crippen molar-refractivity contribution in [3.8, 4) is 0 Å². The summed E-state index contributed by atoms with van der Waals surface area (Å²) in [4.78, 5) is 22.8. The Morgan fingerprint density at radius 3 is 2.88 bits per heavy atom. The van der Waals surface area contributed by atoms with Crippen LogP contribution >= 0.6 is 0 Å². The van der Waals surface area contributed by atoms with Crippen LogP contribution in [-0.4, -0.2) is 24.9 Å². The maximum absolute atomic E-state index is 11.8. The summed E-state index contributed by atoms with van der Waals surface area (Å²) in [7, 11) is 0. The third-order valence-corrected chi connectivity index (χ3v) is 2.85. The van der Waals surface area contributed by atoms with E-state index in [9.17, 15) is 9.59 Å². The van der Waals surface area contributed by atoms with E-state index in [1.54, 1.807) is 24.3 Å². The molecule has 1 saturated heterocycles. The minimum absolute atomic E-state index is 0.00670. The predicted molar refractivity (Wildman–Crippen MR) is 64.6 cm³/mol. The first kappa shape index (κ1) is 11.6. The first-order valence-electron chi connectivity index (χ1n) is 5.58. The summed E-state index contributed by atoms with van der Waals surface area (Å²) >= 11 is 0. The van der Waals surface area contributed by atoms with Gasteiger partial charge in [0.1, 0.15) is 0 Å². The Labute approximate surface area is 99.4 Å². The summed E-state index contributed by atoms with van der Waals surface area (Å²) in [6, 6.07) is 6.65. The van der Waals surface area contributed by atoms with Gasteiger partial charge in [-0.25, -0.2) is 0 Å². The van der Waals surface area contributed by atoms with Crippen LogP contribution in [0.3, 0.4) is 0 Å². The monoisotopic (exact) mass is 233 g/mol. The average Bonchev–Trinajstić information content (AvgIpc) is 2.82. The van der Waals surface area contributed by atoms with Crippen molar-refractivity contribution in [3.05, 3.63) is 29.8 Å². The number of hydrogen-bond acceptors (Lipinski definition) is 3. The Kier molecular flexibility index (Phi) is 3.39. The molecule has 0 bridgehead atoms. The van der Waals surface area contributed by atoms with Crippen LogP contribution in [0.15, 0.2) is 24.3 Å². The Morgan fingerprint density at radius 2 is 2.24 bits per heavy atom. The maximum atomic E-state index is 11.8. The number of nitrogens with two attached hydrogens (primary N) is 1. The Hall–Kier alpha value is -1.88. The Balaban J connectivity index is 2.05. The summed E-state index contributed by atoms with van der Waals surface area (Å²) in [6.07, 6.45) is 0.849. The number of hydrogen-bond donors (Lipinski definition) is 3. The standard InChI is InChI=1S/C12H15N3O2/c13-11(16)8-2-1-3-10(6-8)15-12(17)9-4-5-14-7-9/h1-3,6,9,14H,4-5,7H2,(H2,13,16)(H,15,17). The molecule has 5 heteroatoms. The lowest BCUT2D eigenvalue weighted by molar-refractivity contribution is -0.119. The summed E-state index contributed by atoms with van der Waals surface area (Å²) in [5, 5.41) is 5.93. The molecule has 1 aromatic carbocycles. The number of carbonyl (C=O) groups excluding carboxylic acids is 2. The van der Waals surface area contributed by atoms with Crippen molar-refractivity contribution >= 4 is 17.5 Å². The van der Waals surface area contributed by atoms with Crippen LogP contribution in [0.2, 0.25) is 0 Å². The molecule has 1 unspecified atom stereocenters. The van der Waals surface area contributed by atoms with Gasteiger partial charge in [-0.05, 0) is 31.2 Å². The van der Waals surface area contributed by atoms with Crippen LogP contribution in [0.25, 0.3) is 0 Å². The molecule has 1 aromatic rings. The lowest BCUT2D eigenvalue weighted by atomic mass is 10.1. The van der Waals surface area contributed by atoms with Crippen LogP contribution in [-0.2, 0) is 4.79 Å². The zero-order valence-corrected chi connectivity index (χ0v) is 9.40. The Bertz CT molecular complexity index is 439. The summed E-state index contributed by atoms with van der Waals surface area (Å²) in [5.41, 5.74) is 6.18. The van der Waals surface area contributed by atoms with Crippen LogP contribution in [0, 0.1) is 5.92 Å². The third kappa shape index (κ3) is 2.82. The van der Waals surface area contributed by atoms with E-state index in [-0.39, 0.29) is 11.8 Å². The zero-order valence-electron chi connectivity index (χ0n) is 9.40. The lowest BCUT2D eigenvalue weighted by Gasteiger charge is -2.10. The van der Waals surface area contributed by atoms with Crippen molar-refractivity contribution in [2.45, 2.75) is 6.42 Å². The fourth-order valence-electron chi connectivity index (χ4n) is 1.87. The van der Waals surface area contributed by atoms with E-state index >= 15 is 0 Å². The van der Waals surface area contributed by atoms with Gasteiger partial charge in [0.25, 0.3) is 0 Å². The van der Waals surface area contributed by atoms with Gasteiger partial charge in [-0.1, -0.05) is 6.07 Å². The second-order valence-electron chi connectivity index (χ2n) is 4.12. The summed E-state index contributed by atoms with van der Waals surface area (Å²) in [5.74, 6) is -0.507. The zero-order chi connectivity index (χ0) is 12.3. The highest BCUT2D eigenvalue weighted by Gasteiger charge is 2.22. The number of nitrogens with one attached hydrogen (secondary N) is 2. The first-order chi connectivity index (χ1) is 8.16. The lowest BCUT2D eigenvalue weighted by Crippen LogP contribution is -2.24. The molecule has 90 valence electrons. The van der Waals surface area contributed by atoms with Crippen molar-refractivity contribution in [2.24, 2.45) is 11.7 Å². The highest BCUT2D eigenvalue weighted by atomic mass is 16.2. The van der Waals surface area contributed by atoms with Gasteiger partial charge in [-0.15, -0.1) is 0 Å².